The van der Waals surface area contributed by atoms with Crippen molar-refractivity contribution in [3.05, 3.63) is 210 Å². The SMILES string of the molecule is CC(C)(C)c1ccc(N(c2ccc3c(c2)C(C)(C)c2cc(-c4ccccc4)c4oc5ccccc5c4c2-3)c2ccc3c(c2)C(C)(C)c2cc(-c4ccccc4)c4oc5ccccc5c4c2-3)cc1.[2H][2H]. The molecule has 0 radical (unpaired) electrons. The molecule has 0 saturated heterocycles. The summed E-state index contributed by atoms with van der Waals surface area (Å²) >= 11 is 0. The zero-order chi connectivity index (χ0) is 47.6. The minimum atomic E-state index is -0.296. The maximum atomic E-state index is 6.79. The van der Waals surface area contributed by atoms with Crippen LogP contribution in [0.4, 0.5) is 17.1 Å². The minimum Gasteiger partial charge on any atom is -0.455 e. The number of fused-ring (bicyclic) bond motifs is 14. The molecule has 0 unspecified atom stereocenters. The summed E-state index contributed by atoms with van der Waals surface area (Å²) in [6.45, 7) is 16.4. The normalized spacial score (nSPS) is 14.6. The highest BCUT2D eigenvalue weighted by Gasteiger charge is 2.41. The van der Waals surface area contributed by atoms with E-state index in [9.17, 15) is 0 Å². The van der Waals surface area contributed by atoms with Crippen LogP contribution >= 0.6 is 0 Å². The van der Waals surface area contributed by atoms with E-state index in [0.29, 0.717) is 0 Å². The number of hydrogen-bond donors (Lipinski definition) is 0. The molecule has 67 heavy (non-hydrogen) atoms. The highest BCUT2D eigenvalue weighted by molar-refractivity contribution is 6.20. The third-order valence-electron chi connectivity index (χ3n) is 15.2. The van der Waals surface area contributed by atoms with Crippen LogP contribution in [0.3, 0.4) is 0 Å². The fourth-order valence-electron chi connectivity index (χ4n) is 11.7. The molecule has 3 heteroatoms. The summed E-state index contributed by atoms with van der Waals surface area (Å²) in [7, 11) is 0. The molecule has 0 N–H and O–H groups in total. The van der Waals surface area contributed by atoms with Gasteiger partial charge in [0.1, 0.15) is 22.3 Å². The lowest BCUT2D eigenvalue weighted by Crippen LogP contribution is -2.18. The molecule has 0 saturated carbocycles. The first-order chi connectivity index (χ1) is 33.4. The van der Waals surface area contributed by atoms with Crippen molar-refractivity contribution in [1.82, 2.24) is 0 Å². The van der Waals surface area contributed by atoms with E-state index in [4.69, 9.17) is 11.8 Å². The van der Waals surface area contributed by atoms with Crippen LogP contribution in [0.1, 0.15) is 79.3 Å². The van der Waals surface area contributed by atoms with Crippen molar-refractivity contribution in [3.63, 3.8) is 0 Å². The van der Waals surface area contributed by atoms with Crippen LogP contribution in [0.15, 0.2) is 191 Å². The molecular weight excluding hydrogens is 815 g/mol. The second-order valence-electron chi connectivity index (χ2n) is 20.9. The molecule has 326 valence electrons. The molecular formula is C64H53NO2. The number of rotatable bonds is 5. The average molecular weight is 870 g/mol. The molecule has 11 aromatic rings. The largest absolute Gasteiger partial charge is 0.455 e. The van der Waals surface area contributed by atoms with E-state index in [-0.39, 0.29) is 16.2 Å². The van der Waals surface area contributed by atoms with Gasteiger partial charge in [0, 0.05) is 63.5 Å². The second kappa shape index (κ2) is 14.0. The molecule has 0 fully saturated rings. The smallest absolute Gasteiger partial charge is 0.143 e. The van der Waals surface area contributed by atoms with Gasteiger partial charge >= 0.3 is 0 Å². The van der Waals surface area contributed by atoms with E-state index in [1.165, 1.54) is 60.8 Å². The van der Waals surface area contributed by atoms with Crippen molar-refractivity contribution in [2.24, 2.45) is 0 Å². The maximum absolute atomic E-state index is 6.79. The average Bonchev–Trinajstić information content (AvgIpc) is 4.07. The highest BCUT2D eigenvalue weighted by Crippen LogP contribution is 2.58. The van der Waals surface area contributed by atoms with Gasteiger partial charge in [0.2, 0.25) is 0 Å². The van der Waals surface area contributed by atoms with Gasteiger partial charge in [-0.1, -0.05) is 170 Å². The minimum absolute atomic E-state index is 0.0263. The number of hydrogen-bond acceptors (Lipinski definition) is 3. The van der Waals surface area contributed by atoms with E-state index in [1.807, 2.05) is 0 Å². The Labute approximate surface area is 395 Å². The molecule has 13 rings (SSSR count). The monoisotopic (exact) mass is 869 g/mol. The van der Waals surface area contributed by atoms with E-state index in [1.54, 1.807) is 0 Å². The lowest BCUT2D eigenvalue weighted by molar-refractivity contribution is 0.590. The van der Waals surface area contributed by atoms with Crippen LogP contribution in [0, 0.1) is 0 Å². The topological polar surface area (TPSA) is 29.5 Å². The first-order valence-corrected chi connectivity index (χ1v) is 23.7. The van der Waals surface area contributed by atoms with Crippen LogP contribution in [-0.4, -0.2) is 0 Å². The molecule has 9 aromatic carbocycles. The van der Waals surface area contributed by atoms with Gasteiger partial charge in [-0.05, 0) is 127 Å². The first kappa shape index (κ1) is 38.6. The zero-order valence-corrected chi connectivity index (χ0v) is 39.1. The predicted octanol–water partition coefficient (Wildman–Crippen LogP) is 18.4. The van der Waals surface area contributed by atoms with Crippen LogP contribution in [-0.2, 0) is 16.2 Å². The van der Waals surface area contributed by atoms with Gasteiger partial charge in [-0.15, -0.1) is 0 Å². The van der Waals surface area contributed by atoms with Gasteiger partial charge in [-0.2, -0.15) is 0 Å². The van der Waals surface area contributed by atoms with Gasteiger partial charge in [-0.3, -0.25) is 0 Å². The third-order valence-corrected chi connectivity index (χ3v) is 15.2. The molecule has 0 aliphatic heterocycles. The molecule has 0 atom stereocenters. The van der Waals surface area contributed by atoms with Gasteiger partial charge in [0.25, 0.3) is 0 Å². The summed E-state index contributed by atoms with van der Waals surface area (Å²) in [4.78, 5) is 2.47. The van der Waals surface area contributed by atoms with Crippen molar-refractivity contribution in [1.29, 1.82) is 0 Å². The Hall–Kier alpha value is -7.62. The van der Waals surface area contributed by atoms with Gasteiger partial charge in [-0.25, -0.2) is 0 Å². The summed E-state index contributed by atoms with van der Waals surface area (Å²) in [6, 6.07) is 66.8. The summed E-state index contributed by atoms with van der Waals surface area (Å²) in [5, 5.41) is 4.68. The molecule has 0 amide bonds. The van der Waals surface area contributed by atoms with Gasteiger partial charge in [0.15, 0.2) is 0 Å². The fraction of sp³-hybridized carbons (Fsp3) is 0.156. The third kappa shape index (κ3) is 5.70. The summed E-state index contributed by atoms with van der Waals surface area (Å²) in [5.74, 6) is 0. The van der Waals surface area contributed by atoms with Crippen molar-refractivity contribution >= 4 is 60.9 Å². The molecule has 0 spiro atoms. The van der Waals surface area contributed by atoms with Crippen molar-refractivity contribution in [2.45, 2.75) is 64.7 Å². The van der Waals surface area contributed by atoms with Crippen LogP contribution in [0.25, 0.3) is 88.4 Å². The Morgan fingerprint density at radius 3 is 1.25 bits per heavy atom. The molecule has 2 aromatic heterocycles. The zero-order valence-electron chi connectivity index (χ0n) is 41.1. The van der Waals surface area contributed by atoms with Crippen LogP contribution < -0.4 is 4.90 Å². The summed E-state index contributed by atoms with van der Waals surface area (Å²) in [6.07, 6.45) is 0. The molecule has 3 nitrogen and oxygen atoms in total. The summed E-state index contributed by atoms with van der Waals surface area (Å²) in [5.41, 5.74) is 22.8. The lowest BCUT2D eigenvalue weighted by atomic mass is 9.80. The van der Waals surface area contributed by atoms with Crippen LogP contribution in [0.2, 0.25) is 0 Å². The quantitative estimate of drug-likeness (QED) is 0.173. The van der Waals surface area contributed by atoms with Gasteiger partial charge in [0.05, 0.1) is 0 Å². The second-order valence-corrected chi connectivity index (χ2v) is 20.9. The van der Waals surface area contributed by atoms with Crippen molar-refractivity contribution in [3.8, 4) is 44.5 Å². The van der Waals surface area contributed by atoms with E-state index >= 15 is 0 Å². The Balaban J connectivity index is 0.00000243. The number of furan rings is 2. The molecule has 2 heterocycles. The Kier molecular flexibility index (Phi) is 8.04. The number of anilines is 3. The summed E-state index contributed by atoms with van der Waals surface area (Å²) < 4.78 is 23.6. The number of para-hydroxylation sites is 2. The first-order valence-electron chi connectivity index (χ1n) is 24.7. The Morgan fingerprint density at radius 2 is 0.821 bits per heavy atom. The van der Waals surface area contributed by atoms with Crippen molar-refractivity contribution in [2.75, 3.05) is 4.90 Å². The Bertz CT molecular complexity index is 3610. The molecule has 0 bridgehead atoms. The molecule has 2 aliphatic rings. The van der Waals surface area contributed by atoms with Gasteiger partial charge < -0.3 is 13.7 Å². The standard InChI is InChI=1S/C64H51NO2.H2/c1-62(2,3)40-26-28-41(29-27-40)65(42-30-32-44-50(34-42)63(4,5)52-36-48(38-18-10-8-11-19-38)60-58(56(44)52)46-22-14-16-24-54(46)66-60)43-31-33-45-51(35-43)64(6,7)53-37-49(39-20-12-9-13-21-39)61-59(57(45)53)47-23-15-17-25-55(47)67-61;/h8-37H,1-7H3;1H/i;1+1D. The van der Waals surface area contributed by atoms with E-state index < -0.39 is 0 Å². The van der Waals surface area contributed by atoms with Crippen LogP contribution in [0.5, 0.6) is 0 Å². The maximum Gasteiger partial charge on any atom is 0.143 e. The number of benzene rings is 9. The molecule has 2 aliphatic carbocycles. The van der Waals surface area contributed by atoms with Crippen molar-refractivity contribution < 1.29 is 11.8 Å². The Morgan fingerprint density at radius 1 is 0.418 bits per heavy atom. The highest BCUT2D eigenvalue weighted by atomic mass is 16.3. The predicted molar refractivity (Wildman–Crippen MR) is 282 cm³/mol. The van der Waals surface area contributed by atoms with E-state index in [2.05, 4.69) is 235 Å². The number of nitrogens with zero attached hydrogens (tertiary/aromatic N) is 1. The lowest BCUT2D eigenvalue weighted by Gasteiger charge is -2.30. The fourth-order valence-corrected chi connectivity index (χ4v) is 11.7. The van der Waals surface area contributed by atoms with E-state index in [0.717, 1.165) is 72.4 Å².